The molecule has 5 aromatic rings. The van der Waals surface area contributed by atoms with Crippen molar-refractivity contribution in [2.45, 2.75) is 149 Å². The molecule has 0 fully saturated rings. The predicted molar refractivity (Wildman–Crippen MR) is 350 cm³/mol. The van der Waals surface area contributed by atoms with E-state index in [1.54, 1.807) is 18.2 Å². The molecule has 1 atom stereocenters. The number of nitrogens with zero attached hydrogens (tertiary/aromatic N) is 3. The summed E-state index contributed by atoms with van der Waals surface area (Å²) in [6.07, 6.45) is 35.3. The third kappa shape index (κ3) is 36.8. The number of halogens is 3. The highest BCUT2D eigenvalue weighted by molar-refractivity contribution is 7.86. The highest BCUT2D eigenvalue weighted by Gasteiger charge is 2.38. The van der Waals surface area contributed by atoms with Gasteiger partial charge in [0.15, 0.2) is 5.58 Å². The lowest BCUT2D eigenvalue weighted by Gasteiger charge is -2.23. The molecule has 0 saturated heterocycles. The second-order valence-electron chi connectivity index (χ2n) is 20.8. The molecule has 0 aliphatic carbocycles. The van der Waals surface area contributed by atoms with E-state index in [9.17, 15) is 71.5 Å². The molecule has 0 aliphatic rings. The minimum atomic E-state index is -5.30. The molecular weight excluding hydrogens is 1260 g/mol. The number of furan rings is 1. The van der Waals surface area contributed by atoms with Gasteiger partial charge in [0.1, 0.15) is 11.6 Å². The molecule has 93 heavy (non-hydrogen) atoms. The number of fused-ring (bicyclic) bond motifs is 1. The highest BCUT2D eigenvalue weighted by atomic mass is 35.5. The van der Waals surface area contributed by atoms with E-state index in [1.807, 2.05) is 26.0 Å². The fourth-order valence-electron chi connectivity index (χ4n) is 7.77. The van der Waals surface area contributed by atoms with E-state index in [1.165, 1.54) is 17.2 Å². The van der Waals surface area contributed by atoms with Crippen molar-refractivity contribution in [2.24, 2.45) is 5.92 Å². The second-order valence-corrected chi connectivity index (χ2v) is 22.5. The number of non-ortho nitro benzene ring substituents is 1. The van der Waals surface area contributed by atoms with Gasteiger partial charge in [0.25, 0.3) is 5.69 Å². The fraction of sp³-hybridized carbons (Fsp3) is 0.348. The number of para-hydroxylation sites is 1. The van der Waals surface area contributed by atoms with Gasteiger partial charge in [-0.25, -0.2) is 18.4 Å². The average molecular weight is 1340 g/mol. The van der Waals surface area contributed by atoms with Crippen LogP contribution in [-0.4, -0.2) is 83.1 Å². The Labute approximate surface area is 543 Å². The summed E-state index contributed by atoms with van der Waals surface area (Å²) in [5.41, 5.74) is -0.118. The van der Waals surface area contributed by atoms with Crippen LogP contribution >= 0.6 is 11.6 Å². The topological polar surface area (TPSA) is 383 Å². The van der Waals surface area contributed by atoms with Crippen molar-refractivity contribution in [3.8, 4) is 0 Å². The van der Waals surface area contributed by atoms with E-state index in [0.29, 0.717) is 28.3 Å². The molecule has 0 aliphatic heterocycles. The van der Waals surface area contributed by atoms with Crippen LogP contribution in [0.4, 0.5) is 25.8 Å². The first-order valence-corrected chi connectivity index (χ1v) is 30.8. The molecule has 0 spiro atoms. The maximum Gasteiger partial charge on any atom is 0.371 e. The Morgan fingerprint density at radius 1 is 0.667 bits per heavy atom. The van der Waals surface area contributed by atoms with Crippen LogP contribution in [0.1, 0.15) is 157 Å². The maximum absolute atomic E-state index is 12.5. The Kier molecular flexibility index (Phi) is 40.3. The Balaban J connectivity index is 0.00000111. The number of hydrogen-bond acceptors (Lipinski definition) is 14. The van der Waals surface area contributed by atoms with Gasteiger partial charge in [-0.2, -0.15) is 8.42 Å². The first-order chi connectivity index (χ1) is 43.6. The van der Waals surface area contributed by atoms with E-state index in [-0.39, 0.29) is 41.7 Å². The number of carboxylic acid groups (broad SMARTS) is 5. The van der Waals surface area contributed by atoms with Crippen molar-refractivity contribution in [1.29, 1.82) is 0 Å². The van der Waals surface area contributed by atoms with Crippen LogP contribution in [0.3, 0.4) is 0 Å². The molecule has 23 nitrogen and oxygen atoms in total. The van der Waals surface area contributed by atoms with Crippen LogP contribution < -0.4 is 0 Å². The smallest absolute Gasteiger partial charge is 0.371 e. The average Bonchev–Trinajstić information content (AvgIpc) is 1.31. The number of aryl methyl sites for hydroxylation is 2. The quantitative estimate of drug-likeness (QED) is 0.00646. The number of nitro groups is 3. The van der Waals surface area contributed by atoms with Crippen LogP contribution in [0.5, 0.6) is 0 Å². The number of unbranched alkanes of at least 4 members (excludes halogenated alkanes) is 2. The highest BCUT2D eigenvalue weighted by Crippen LogP contribution is 2.37. The SMILES string of the molecule is CCC=CCC=CCC=CCC=CCC=CCCCC(=O)O.CCCCC(CC)CC(=O)O.Cc1ccc(C(C)(C)CC(=O)O)cc1C.O=C(O)C=Cc1cc(F)cc(F)c1.O=C(O)c1cc2cccc(Cl)c2o1.O=[N+]([O-])c1cc([N+](=O)[O-])c(S(=O)(=O)O)c([N+](=O)[O-])c1. The van der Waals surface area contributed by atoms with Crippen molar-refractivity contribution in [3.63, 3.8) is 0 Å². The Bertz CT molecular complexity index is 3540. The van der Waals surface area contributed by atoms with Crippen LogP contribution in [-0.2, 0) is 34.7 Å². The molecule has 1 aromatic heterocycles. The number of allylic oxidation sites excluding steroid dienone is 10. The van der Waals surface area contributed by atoms with E-state index in [4.69, 9.17) is 46.1 Å². The summed E-state index contributed by atoms with van der Waals surface area (Å²) in [4.78, 5) is 78.1. The van der Waals surface area contributed by atoms with Gasteiger partial charge in [0, 0.05) is 35.8 Å². The second kappa shape index (κ2) is 44.9. The van der Waals surface area contributed by atoms with Gasteiger partial charge in [-0.1, -0.05) is 157 Å². The number of nitro benzene ring substituents is 3. The Morgan fingerprint density at radius 3 is 1.60 bits per heavy atom. The summed E-state index contributed by atoms with van der Waals surface area (Å²) in [5, 5.41) is 75.5. The van der Waals surface area contributed by atoms with Crippen molar-refractivity contribution < 1.29 is 90.4 Å². The van der Waals surface area contributed by atoms with Gasteiger partial charge in [-0.15, -0.1) is 0 Å². The minimum Gasteiger partial charge on any atom is -0.481 e. The Hall–Kier alpha value is -9.53. The first kappa shape index (κ1) is 83.5. The molecule has 27 heteroatoms. The number of carboxylic acids is 5. The first-order valence-electron chi connectivity index (χ1n) is 29.0. The molecular formula is C66H80ClF2N3O20S. The lowest BCUT2D eigenvalue weighted by Crippen LogP contribution is -2.21. The molecule has 0 saturated carbocycles. The van der Waals surface area contributed by atoms with Crippen LogP contribution in [0.25, 0.3) is 17.0 Å². The molecule has 506 valence electrons. The number of hydrogen-bond donors (Lipinski definition) is 6. The van der Waals surface area contributed by atoms with Gasteiger partial charge in [-0.3, -0.25) is 49.3 Å². The van der Waals surface area contributed by atoms with Gasteiger partial charge >= 0.3 is 51.3 Å². The van der Waals surface area contributed by atoms with Crippen molar-refractivity contribution in [2.75, 3.05) is 0 Å². The molecule has 6 N–H and O–H groups in total. The standard InChI is InChI=1S/C20H30O2.C13H18O2.C9H5ClO3.C9H6F2O2.C9H18O2.C6H3N3O9S/c1-2-3-4-5-6-7-8-9-10-11-12-13-14-15-16-17-18-19-20(21)22;1-9-5-6-11(7-10(9)2)13(3,4)8-12(14)15;10-6-3-1-2-5-4-7(9(11)12)13-8(5)6;10-7-3-6(1-2-9(12)13)4-8(11)5-7;1-3-5-6-8(4-2)7-9(10)11;10-7(11)3-1-4(8(12)13)6(19(16,17)18)5(2-3)9(14)15/h3-4,6-7,9-10,12-13,15-16H,2,5,8,11,14,17-19H2,1H3,(H,21,22);5-7H,8H2,1-4H3,(H,14,15);1-4H,(H,11,12);1-5H,(H,12,13);8H,3-7H2,1-2H3,(H,10,11);1-2H,(H,16,17,18). The summed E-state index contributed by atoms with van der Waals surface area (Å²) >= 11 is 5.79. The molecule has 0 bridgehead atoms. The number of carbonyl (C=O) groups is 5. The van der Waals surface area contributed by atoms with Crippen LogP contribution in [0.2, 0.25) is 5.02 Å². The van der Waals surface area contributed by atoms with Crippen molar-refractivity contribution >= 4 is 85.7 Å². The van der Waals surface area contributed by atoms with E-state index in [0.717, 1.165) is 107 Å². The summed E-state index contributed by atoms with van der Waals surface area (Å²) in [6, 6.07) is 16.0. The predicted octanol–water partition coefficient (Wildman–Crippen LogP) is 17.2. The van der Waals surface area contributed by atoms with Gasteiger partial charge in [-0.05, 0) is 124 Å². The summed E-state index contributed by atoms with van der Waals surface area (Å²) in [5.74, 6) is -5.54. The zero-order valence-electron chi connectivity index (χ0n) is 52.6. The van der Waals surface area contributed by atoms with Crippen LogP contribution in [0, 0.1) is 61.7 Å². The maximum atomic E-state index is 12.5. The molecule has 0 radical (unpaired) electrons. The fourth-order valence-corrected chi connectivity index (χ4v) is 8.79. The monoisotopic (exact) mass is 1340 g/mol. The third-order valence-corrected chi connectivity index (χ3v) is 13.9. The zero-order chi connectivity index (χ0) is 70.9. The number of rotatable bonds is 29. The Morgan fingerprint density at radius 2 is 1.19 bits per heavy atom. The summed E-state index contributed by atoms with van der Waals surface area (Å²) in [7, 11) is -5.30. The van der Waals surface area contributed by atoms with E-state index >= 15 is 0 Å². The summed E-state index contributed by atoms with van der Waals surface area (Å²) < 4.78 is 60.7. The van der Waals surface area contributed by atoms with Crippen molar-refractivity contribution in [1.82, 2.24) is 0 Å². The van der Waals surface area contributed by atoms with E-state index in [2.05, 4.69) is 101 Å². The number of benzene rings is 4. The normalized spacial score (nSPS) is 11.6. The largest absolute Gasteiger partial charge is 0.481 e. The lowest BCUT2D eigenvalue weighted by molar-refractivity contribution is -0.407. The van der Waals surface area contributed by atoms with Gasteiger partial charge in [0.05, 0.1) is 38.3 Å². The summed E-state index contributed by atoms with van der Waals surface area (Å²) in [6.45, 7) is 14.4. The molecule has 1 heterocycles. The minimum absolute atomic E-state index is 0.0944. The van der Waals surface area contributed by atoms with Gasteiger partial charge < -0.3 is 29.9 Å². The zero-order valence-corrected chi connectivity index (χ0v) is 54.2. The lowest BCUT2D eigenvalue weighted by atomic mass is 9.80. The van der Waals surface area contributed by atoms with Crippen LogP contribution in [0.15, 0.2) is 149 Å². The molecule has 0 amide bonds. The van der Waals surface area contributed by atoms with Crippen molar-refractivity contribution in [3.05, 3.63) is 215 Å². The number of aliphatic carboxylic acids is 4. The van der Waals surface area contributed by atoms with E-state index < -0.39 is 88.3 Å². The molecule has 4 aromatic carbocycles. The van der Waals surface area contributed by atoms with Gasteiger partial charge in [0.2, 0.25) is 10.7 Å². The number of aromatic carboxylic acids is 1. The molecule has 1 unspecified atom stereocenters. The molecule has 5 rings (SSSR count). The third-order valence-electron chi connectivity index (χ3n) is 12.7.